The molecule has 0 radical (unpaired) electrons. The van der Waals surface area contributed by atoms with Crippen molar-refractivity contribution in [3.05, 3.63) is 43.0 Å². The third-order valence-electron chi connectivity index (χ3n) is 5.32. The number of aliphatic hydroxyl groups is 1. The van der Waals surface area contributed by atoms with Gasteiger partial charge in [-0.3, -0.25) is 4.84 Å². The standard InChI is InChI=1S/C21H30N4O3/c26-19(14-28-24-21(16-1-2-16)17-3-4-17)13-22-10-12-27-20-7-5-18(6-8-20)25-11-9-23-15-25/h5-9,11,15-17,19,21-22,24,26H,1-4,10,12-14H2. The molecule has 1 unspecified atom stereocenters. The molecule has 0 amide bonds. The van der Waals surface area contributed by atoms with Gasteiger partial charge in [0, 0.05) is 37.2 Å². The second-order valence-corrected chi connectivity index (χ2v) is 7.80. The first kappa shape index (κ1) is 19.4. The molecule has 2 aromatic rings. The van der Waals surface area contributed by atoms with Gasteiger partial charge in [0.2, 0.25) is 0 Å². The Bertz CT molecular complexity index is 687. The number of rotatable bonds is 13. The zero-order valence-electron chi connectivity index (χ0n) is 16.2. The van der Waals surface area contributed by atoms with Crippen LogP contribution in [0.2, 0.25) is 0 Å². The van der Waals surface area contributed by atoms with Crippen LogP contribution >= 0.6 is 0 Å². The third kappa shape index (κ3) is 5.78. The number of imidazole rings is 1. The maximum absolute atomic E-state index is 10.0. The molecule has 0 bridgehead atoms. The largest absolute Gasteiger partial charge is 0.492 e. The zero-order chi connectivity index (χ0) is 19.2. The third-order valence-corrected chi connectivity index (χ3v) is 5.32. The first-order valence-corrected chi connectivity index (χ1v) is 10.3. The van der Waals surface area contributed by atoms with E-state index in [1.165, 1.54) is 25.7 Å². The molecule has 4 rings (SSSR count). The van der Waals surface area contributed by atoms with Gasteiger partial charge in [-0.15, -0.1) is 0 Å². The van der Waals surface area contributed by atoms with Gasteiger partial charge in [0.15, 0.2) is 0 Å². The van der Waals surface area contributed by atoms with Gasteiger partial charge in [0.25, 0.3) is 0 Å². The van der Waals surface area contributed by atoms with Crippen molar-refractivity contribution in [3.8, 4) is 11.4 Å². The molecule has 3 N–H and O–H groups in total. The van der Waals surface area contributed by atoms with Crippen LogP contribution in [0.15, 0.2) is 43.0 Å². The van der Waals surface area contributed by atoms with Gasteiger partial charge in [-0.2, -0.15) is 5.48 Å². The highest BCUT2D eigenvalue weighted by molar-refractivity contribution is 5.37. The summed E-state index contributed by atoms with van der Waals surface area (Å²) in [4.78, 5) is 9.59. The lowest BCUT2D eigenvalue weighted by molar-refractivity contribution is -0.0412. The molecule has 7 heteroatoms. The molecule has 2 saturated carbocycles. The van der Waals surface area contributed by atoms with E-state index in [4.69, 9.17) is 9.57 Å². The Kier molecular flexibility index (Phi) is 6.59. The second kappa shape index (κ2) is 9.52. The summed E-state index contributed by atoms with van der Waals surface area (Å²) >= 11 is 0. The molecule has 0 saturated heterocycles. The number of aromatic nitrogens is 2. The van der Waals surface area contributed by atoms with E-state index >= 15 is 0 Å². The van der Waals surface area contributed by atoms with Crippen LogP contribution in [0.1, 0.15) is 25.7 Å². The first-order chi connectivity index (χ1) is 13.8. The number of aliphatic hydroxyl groups excluding tert-OH is 1. The summed E-state index contributed by atoms with van der Waals surface area (Å²) in [6, 6.07) is 8.37. The van der Waals surface area contributed by atoms with Gasteiger partial charge < -0.3 is 19.7 Å². The minimum Gasteiger partial charge on any atom is -0.492 e. The van der Waals surface area contributed by atoms with Crippen LogP contribution in [-0.2, 0) is 4.84 Å². The molecule has 1 heterocycles. The van der Waals surface area contributed by atoms with Crippen molar-refractivity contribution in [3.63, 3.8) is 0 Å². The first-order valence-electron chi connectivity index (χ1n) is 10.3. The summed E-state index contributed by atoms with van der Waals surface area (Å²) in [5.74, 6) is 2.40. The Morgan fingerprint density at radius 3 is 2.54 bits per heavy atom. The van der Waals surface area contributed by atoms with Gasteiger partial charge in [0.1, 0.15) is 12.4 Å². The van der Waals surface area contributed by atoms with E-state index in [9.17, 15) is 5.11 Å². The summed E-state index contributed by atoms with van der Waals surface area (Å²) in [5, 5.41) is 13.2. The fraction of sp³-hybridized carbons (Fsp3) is 0.571. The number of hydrogen-bond donors (Lipinski definition) is 3. The molecule has 2 fully saturated rings. The van der Waals surface area contributed by atoms with Crippen molar-refractivity contribution in [1.82, 2.24) is 20.3 Å². The predicted octanol–water partition coefficient (Wildman–Crippen LogP) is 1.91. The van der Waals surface area contributed by atoms with Crippen molar-refractivity contribution in [1.29, 1.82) is 0 Å². The molecule has 0 aliphatic heterocycles. The fourth-order valence-electron chi connectivity index (χ4n) is 3.42. The highest BCUT2D eigenvalue weighted by atomic mass is 16.7. The second-order valence-electron chi connectivity index (χ2n) is 7.80. The van der Waals surface area contributed by atoms with Crippen LogP contribution in [0, 0.1) is 11.8 Å². The molecular formula is C21H30N4O3. The number of nitrogens with one attached hydrogen (secondary N) is 2. The number of hydrogen-bond acceptors (Lipinski definition) is 6. The Labute approximate surface area is 166 Å². The molecule has 28 heavy (non-hydrogen) atoms. The van der Waals surface area contributed by atoms with Crippen molar-refractivity contribution in [2.24, 2.45) is 11.8 Å². The van der Waals surface area contributed by atoms with Crippen LogP contribution in [0.3, 0.4) is 0 Å². The van der Waals surface area contributed by atoms with Crippen molar-refractivity contribution in [2.45, 2.75) is 37.8 Å². The summed E-state index contributed by atoms with van der Waals surface area (Å²) in [5.41, 5.74) is 4.24. The van der Waals surface area contributed by atoms with E-state index in [1.54, 1.807) is 12.5 Å². The average molecular weight is 386 g/mol. The molecule has 1 atom stereocenters. The highest BCUT2D eigenvalue weighted by Crippen LogP contribution is 2.44. The Morgan fingerprint density at radius 2 is 1.89 bits per heavy atom. The fourth-order valence-corrected chi connectivity index (χ4v) is 3.42. The van der Waals surface area contributed by atoms with E-state index in [0.29, 0.717) is 32.3 Å². The van der Waals surface area contributed by atoms with E-state index < -0.39 is 6.10 Å². The van der Waals surface area contributed by atoms with Crippen molar-refractivity contribution < 1.29 is 14.7 Å². The van der Waals surface area contributed by atoms with Gasteiger partial charge >= 0.3 is 0 Å². The normalized spacial score (nSPS) is 17.8. The van der Waals surface area contributed by atoms with Crippen LogP contribution in [0.5, 0.6) is 5.75 Å². The predicted molar refractivity (Wildman–Crippen MR) is 106 cm³/mol. The van der Waals surface area contributed by atoms with E-state index in [-0.39, 0.29) is 0 Å². The summed E-state index contributed by atoms with van der Waals surface area (Å²) in [6.07, 6.45) is 10.2. The van der Waals surface area contributed by atoms with Gasteiger partial charge in [-0.25, -0.2) is 4.98 Å². The monoisotopic (exact) mass is 386 g/mol. The van der Waals surface area contributed by atoms with Crippen molar-refractivity contribution >= 4 is 0 Å². The quantitative estimate of drug-likeness (QED) is 0.360. The maximum Gasteiger partial charge on any atom is 0.119 e. The minimum atomic E-state index is -0.527. The maximum atomic E-state index is 10.0. The molecule has 1 aromatic heterocycles. The van der Waals surface area contributed by atoms with Gasteiger partial charge in [0.05, 0.1) is 19.0 Å². The van der Waals surface area contributed by atoms with Crippen LogP contribution in [0.25, 0.3) is 5.69 Å². The Hall–Kier alpha value is -1.93. The summed E-state index contributed by atoms with van der Waals surface area (Å²) in [6.45, 7) is 2.00. The van der Waals surface area contributed by atoms with E-state index in [0.717, 1.165) is 23.3 Å². The molecule has 2 aliphatic rings. The van der Waals surface area contributed by atoms with Crippen molar-refractivity contribution in [2.75, 3.05) is 26.3 Å². The SMILES string of the molecule is OC(CNCCOc1ccc(-n2ccnc2)cc1)CONC(C1CC1)C1CC1. The minimum absolute atomic E-state index is 0.305. The lowest BCUT2D eigenvalue weighted by Crippen LogP contribution is -2.38. The number of benzene rings is 1. The van der Waals surface area contributed by atoms with E-state index in [2.05, 4.69) is 15.8 Å². The molecular weight excluding hydrogens is 356 g/mol. The molecule has 7 nitrogen and oxygen atoms in total. The average Bonchev–Trinajstić information content (AvgIpc) is 3.65. The van der Waals surface area contributed by atoms with Crippen LogP contribution in [-0.4, -0.2) is 53.1 Å². The molecule has 1 aromatic carbocycles. The Morgan fingerprint density at radius 1 is 1.14 bits per heavy atom. The smallest absolute Gasteiger partial charge is 0.119 e. The lowest BCUT2D eigenvalue weighted by Gasteiger charge is -2.19. The highest BCUT2D eigenvalue weighted by Gasteiger charge is 2.41. The number of nitrogens with zero attached hydrogens (tertiary/aromatic N) is 2. The van der Waals surface area contributed by atoms with Crippen LogP contribution < -0.4 is 15.5 Å². The molecule has 152 valence electrons. The topological polar surface area (TPSA) is 80.6 Å². The number of ether oxygens (including phenoxy) is 1. The number of hydroxylamine groups is 1. The zero-order valence-corrected chi connectivity index (χ0v) is 16.2. The van der Waals surface area contributed by atoms with Gasteiger partial charge in [-0.05, 0) is 61.8 Å². The summed E-state index contributed by atoms with van der Waals surface area (Å²) < 4.78 is 7.67. The Balaban J connectivity index is 1.05. The molecule has 2 aliphatic carbocycles. The van der Waals surface area contributed by atoms with Gasteiger partial charge in [-0.1, -0.05) is 0 Å². The summed E-state index contributed by atoms with van der Waals surface area (Å²) in [7, 11) is 0. The van der Waals surface area contributed by atoms with Crippen LogP contribution in [0.4, 0.5) is 0 Å². The lowest BCUT2D eigenvalue weighted by atomic mass is 10.1. The molecule has 0 spiro atoms. The van der Waals surface area contributed by atoms with E-state index in [1.807, 2.05) is 35.0 Å².